The molecule has 0 saturated heterocycles. The minimum absolute atomic E-state index is 0.312. The fourth-order valence-electron chi connectivity index (χ4n) is 2.80. The average molecular weight is 318 g/mol. The van der Waals surface area contributed by atoms with E-state index in [0.29, 0.717) is 18.3 Å². The summed E-state index contributed by atoms with van der Waals surface area (Å²) in [5.41, 5.74) is 2.30. The fraction of sp³-hybridized carbons (Fsp3) is 0.722. The second-order valence-electron chi connectivity index (χ2n) is 5.98. The standard InChI is InChI=1S/C18H30N4O/c1-6-9-15-16(8-3)20-18(23-5)21-17(15)22(12-7-2)13-14(4)10-11-19/h14H,6-10,12-13H2,1-5H3/t14-/m0/s1. The van der Waals surface area contributed by atoms with Crippen LogP contribution >= 0.6 is 0 Å². The number of rotatable bonds is 10. The maximum atomic E-state index is 8.94. The molecule has 0 aliphatic heterocycles. The molecular formula is C18H30N4O. The minimum atomic E-state index is 0.312. The Kier molecular flexibility index (Phi) is 8.39. The van der Waals surface area contributed by atoms with Crippen molar-refractivity contribution in [3.63, 3.8) is 0 Å². The molecule has 0 amide bonds. The summed E-state index contributed by atoms with van der Waals surface area (Å²) in [6.45, 7) is 10.3. The molecule has 1 aromatic rings. The molecule has 1 heterocycles. The molecule has 1 atom stereocenters. The van der Waals surface area contributed by atoms with Crippen molar-refractivity contribution in [2.45, 2.75) is 59.8 Å². The third-order valence-corrected chi connectivity index (χ3v) is 3.83. The summed E-state index contributed by atoms with van der Waals surface area (Å²) >= 11 is 0. The van der Waals surface area contributed by atoms with Crippen molar-refractivity contribution in [1.82, 2.24) is 9.97 Å². The first kappa shape index (κ1) is 19.2. The lowest BCUT2D eigenvalue weighted by Gasteiger charge is -2.28. The highest BCUT2D eigenvalue weighted by atomic mass is 16.5. The summed E-state index contributed by atoms with van der Waals surface area (Å²) in [7, 11) is 1.61. The van der Waals surface area contributed by atoms with Crippen LogP contribution in [0.3, 0.4) is 0 Å². The Labute approximate surface area is 140 Å². The molecule has 5 heteroatoms. The zero-order valence-electron chi connectivity index (χ0n) is 15.2. The van der Waals surface area contributed by atoms with Gasteiger partial charge in [0.15, 0.2) is 0 Å². The third kappa shape index (κ3) is 5.38. The first-order valence-corrected chi connectivity index (χ1v) is 8.66. The van der Waals surface area contributed by atoms with Crippen LogP contribution in [0.1, 0.15) is 58.2 Å². The monoisotopic (exact) mass is 318 g/mol. The number of nitriles is 1. The zero-order valence-corrected chi connectivity index (χ0v) is 15.2. The molecule has 0 bridgehead atoms. The van der Waals surface area contributed by atoms with E-state index in [1.165, 1.54) is 5.56 Å². The van der Waals surface area contributed by atoms with Crippen molar-refractivity contribution < 1.29 is 4.74 Å². The van der Waals surface area contributed by atoms with Crippen LogP contribution in [0.5, 0.6) is 6.01 Å². The van der Waals surface area contributed by atoms with E-state index < -0.39 is 0 Å². The number of aryl methyl sites for hydroxylation is 1. The van der Waals surface area contributed by atoms with E-state index in [0.717, 1.165) is 50.3 Å². The SMILES string of the molecule is CCCc1c(CC)nc(OC)nc1N(CCC)C[C@@H](C)CC#N. The van der Waals surface area contributed by atoms with Gasteiger partial charge in [-0.2, -0.15) is 15.2 Å². The van der Waals surface area contributed by atoms with Gasteiger partial charge in [0.25, 0.3) is 0 Å². The van der Waals surface area contributed by atoms with E-state index in [-0.39, 0.29) is 0 Å². The largest absolute Gasteiger partial charge is 0.467 e. The first-order chi connectivity index (χ1) is 11.1. The van der Waals surface area contributed by atoms with Gasteiger partial charge >= 0.3 is 6.01 Å². The molecule has 0 aliphatic carbocycles. The third-order valence-electron chi connectivity index (χ3n) is 3.83. The molecular weight excluding hydrogens is 288 g/mol. The normalized spacial score (nSPS) is 11.8. The lowest BCUT2D eigenvalue weighted by atomic mass is 10.0. The molecule has 0 saturated carbocycles. The molecule has 0 unspecified atom stereocenters. The first-order valence-electron chi connectivity index (χ1n) is 8.66. The number of nitrogens with zero attached hydrogens (tertiary/aromatic N) is 4. The predicted octanol–water partition coefficient (Wildman–Crippen LogP) is 3.77. The molecule has 1 rings (SSSR count). The molecule has 1 aromatic heterocycles. The van der Waals surface area contributed by atoms with E-state index in [1.54, 1.807) is 7.11 Å². The van der Waals surface area contributed by atoms with Crippen molar-refractivity contribution in [2.75, 3.05) is 25.1 Å². The Bertz CT molecular complexity index is 524. The van der Waals surface area contributed by atoms with E-state index in [2.05, 4.69) is 48.6 Å². The number of ether oxygens (including phenoxy) is 1. The Hall–Kier alpha value is -1.83. The maximum Gasteiger partial charge on any atom is 0.318 e. The van der Waals surface area contributed by atoms with Crippen LogP contribution in [-0.4, -0.2) is 30.2 Å². The van der Waals surface area contributed by atoms with Crippen LogP contribution < -0.4 is 9.64 Å². The number of anilines is 1. The van der Waals surface area contributed by atoms with Crippen LogP contribution in [0.4, 0.5) is 5.82 Å². The highest BCUT2D eigenvalue weighted by molar-refractivity contribution is 5.50. The summed E-state index contributed by atoms with van der Waals surface area (Å²) < 4.78 is 5.31. The maximum absolute atomic E-state index is 8.94. The van der Waals surface area contributed by atoms with Gasteiger partial charge in [0.1, 0.15) is 5.82 Å². The molecule has 128 valence electrons. The summed E-state index contributed by atoms with van der Waals surface area (Å²) in [6.07, 6.45) is 4.50. The van der Waals surface area contributed by atoms with Crippen molar-refractivity contribution in [2.24, 2.45) is 5.92 Å². The Morgan fingerprint density at radius 1 is 1.22 bits per heavy atom. The minimum Gasteiger partial charge on any atom is -0.467 e. The number of methoxy groups -OCH3 is 1. The topological polar surface area (TPSA) is 62.0 Å². The van der Waals surface area contributed by atoms with Crippen molar-refractivity contribution in [3.8, 4) is 12.1 Å². The van der Waals surface area contributed by atoms with Gasteiger partial charge in [-0.15, -0.1) is 0 Å². The van der Waals surface area contributed by atoms with Gasteiger partial charge in [-0.25, -0.2) is 0 Å². The van der Waals surface area contributed by atoms with E-state index in [4.69, 9.17) is 10.00 Å². The van der Waals surface area contributed by atoms with Crippen LogP contribution in [0.2, 0.25) is 0 Å². The van der Waals surface area contributed by atoms with Gasteiger partial charge in [-0.1, -0.05) is 34.1 Å². The van der Waals surface area contributed by atoms with Crippen LogP contribution in [-0.2, 0) is 12.8 Å². The van der Waals surface area contributed by atoms with Crippen LogP contribution in [0, 0.1) is 17.2 Å². The second-order valence-corrected chi connectivity index (χ2v) is 5.98. The Balaban J connectivity index is 3.28. The quantitative estimate of drug-likeness (QED) is 0.657. The van der Waals surface area contributed by atoms with Crippen LogP contribution in [0.15, 0.2) is 0 Å². The van der Waals surface area contributed by atoms with Gasteiger partial charge in [-0.05, 0) is 25.2 Å². The highest BCUT2D eigenvalue weighted by Gasteiger charge is 2.20. The van der Waals surface area contributed by atoms with Gasteiger partial charge in [0.05, 0.1) is 18.9 Å². The van der Waals surface area contributed by atoms with Crippen LogP contribution in [0.25, 0.3) is 0 Å². The molecule has 0 fully saturated rings. The van der Waals surface area contributed by atoms with Crippen molar-refractivity contribution in [3.05, 3.63) is 11.3 Å². The highest BCUT2D eigenvalue weighted by Crippen LogP contribution is 2.27. The predicted molar refractivity (Wildman–Crippen MR) is 93.9 cm³/mol. The number of aromatic nitrogens is 2. The smallest absolute Gasteiger partial charge is 0.318 e. The molecule has 0 spiro atoms. The van der Waals surface area contributed by atoms with Crippen molar-refractivity contribution >= 4 is 5.82 Å². The Morgan fingerprint density at radius 2 is 1.96 bits per heavy atom. The zero-order chi connectivity index (χ0) is 17.2. The van der Waals surface area contributed by atoms with E-state index >= 15 is 0 Å². The molecule has 5 nitrogen and oxygen atoms in total. The Morgan fingerprint density at radius 3 is 2.48 bits per heavy atom. The fourth-order valence-corrected chi connectivity index (χ4v) is 2.80. The molecule has 0 N–H and O–H groups in total. The lowest BCUT2D eigenvalue weighted by molar-refractivity contribution is 0.377. The molecule has 0 aromatic carbocycles. The van der Waals surface area contributed by atoms with Gasteiger partial charge < -0.3 is 9.64 Å². The molecule has 23 heavy (non-hydrogen) atoms. The second kappa shape index (κ2) is 10.0. The molecule has 0 radical (unpaired) electrons. The summed E-state index contributed by atoms with van der Waals surface area (Å²) in [6, 6.07) is 2.70. The molecule has 0 aliphatic rings. The van der Waals surface area contributed by atoms with E-state index in [1.807, 2.05) is 0 Å². The lowest BCUT2D eigenvalue weighted by Crippen LogP contribution is -2.31. The summed E-state index contributed by atoms with van der Waals surface area (Å²) in [5.74, 6) is 1.30. The van der Waals surface area contributed by atoms with E-state index in [9.17, 15) is 0 Å². The number of hydrogen-bond donors (Lipinski definition) is 0. The summed E-state index contributed by atoms with van der Waals surface area (Å²) in [4.78, 5) is 11.5. The van der Waals surface area contributed by atoms with Gasteiger partial charge in [0.2, 0.25) is 0 Å². The van der Waals surface area contributed by atoms with Gasteiger partial charge in [0, 0.05) is 25.1 Å². The average Bonchev–Trinajstić information content (AvgIpc) is 2.55. The summed E-state index contributed by atoms with van der Waals surface area (Å²) in [5, 5.41) is 8.94. The van der Waals surface area contributed by atoms with Gasteiger partial charge in [-0.3, -0.25) is 0 Å². The van der Waals surface area contributed by atoms with Crippen molar-refractivity contribution in [1.29, 1.82) is 5.26 Å². The number of hydrogen-bond acceptors (Lipinski definition) is 5.